The van der Waals surface area contributed by atoms with Crippen LogP contribution in [0.4, 0.5) is 0 Å². The normalized spacial score (nSPS) is 17.9. The van der Waals surface area contributed by atoms with Crippen molar-refractivity contribution in [3.63, 3.8) is 0 Å². The number of hydrogen-bond donors (Lipinski definition) is 2. The van der Waals surface area contributed by atoms with Crippen LogP contribution in [0, 0.1) is 5.92 Å². The molecule has 0 spiro atoms. The Bertz CT molecular complexity index is 442. The summed E-state index contributed by atoms with van der Waals surface area (Å²) in [7, 11) is -3.42. The van der Waals surface area contributed by atoms with Crippen molar-refractivity contribution in [2.45, 2.75) is 32.7 Å². The third-order valence-electron chi connectivity index (χ3n) is 2.93. The summed E-state index contributed by atoms with van der Waals surface area (Å²) >= 11 is 0. The van der Waals surface area contributed by atoms with Gasteiger partial charge in [0.15, 0.2) is 0 Å². The summed E-state index contributed by atoms with van der Waals surface area (Å²) in [5.41, 5.74) is 0. The van der Waals surface area contributed by atoms with Crippen LogP contribution in [-0.4, -0.2) is 55.2 Å². The molecule has 1 atom stereocenters. The summed E-state index contributed by atoms with van der Waals surface area (Å²) in [6, 6.07) is -0.803. The number of rotatable bonds is 7. The largest absolute Gasteiger partial charge is 0.481 e. The van der Waals surface area contributed by atoms with E-state index in [2.05, 4.69) is 4.72 Å². The lowest BCUT2D eigenvalue weighted by molar-refractivity contribution is -0.145. The predicted octanol–water partition coefficient (Wildman–Crippen LogP) is -0.363. The molecule has 1 aliphatic heterocycles. The fourth-order valence-electron chi connectivity index (χ4n) is 2.05. The maximum absolute atomic E-state index is 11.9. The SMILES string of the molecule is CCCS(=O)(=O)NC(C)C(=O)N1CC(CC(=O)O)C1. The lowest BCUT2D eigenvalue weighted by Crippen LogP contribution is -2.56. The molecule has 0 saturated carbocycles. The minimum Gasteiger partial charge on any atom is -0.481 e. The van der Waals surface area contributed by atoms with Gasteiger partial charge in [-0.2, -0.15) is 0 Å². The fraction of sp³-hybridized carbons (Fsp3) is 0.818. The molecule has 110 valence electrons. The number of nitrogens with zero attached hydrogens (tertiary/aromatic N) is 1. The lowest BCUT2D eigenvalue weighted by atomic mass is 9.96. The Morgan fingerprint density at radius 3 is 2.47 bits per heavy atom. The van der Waals surface area contributed by atoms with Crippen molar-refractivity contribution in [2.75, 3.05) is 18.8 Å². The number of carbonyl (C=O) groups excluding carboxylic acids is 1. The van der Waals surface area contributed by atoms with Crippen molar-refractivity contribution < 1.29 is 23.1 Å². The summed E-state index contributed by atoms with van der Waals surface area (Å²) in [6.45, 7) is 4.01. The Hall–Kier alpha value is -1.15. The van der Waals surface area contributed by atoms with Crippen LogP contribution in [0.15, 0.2) is 0 Å². The maximum Gasteiger partial charge on any atom is 0.303 e. The Kier molecular flexibility index (Phi) is 5.30. The average Bonchev–Trinajstić information content (AvgIpc) is 2.20. The van der Waals surface area contributed by atoms with E-state index >= 15 is 0 Å². The predicted molar refractivity (Wildman–Crippen MR) is 69.0 cm³/mol. The summed E-state index contributed by atoms with van der Waals surface area (Å²) in [4.78, 5) is 23.8. The van der Waals surface area contributed by atoms with Gasteiger partial charge < -0.3 is 10.0 Å². The highest BCUT2D eigenvalue weighted by Crippen LogP contribution is 2.19. The first kappa shape index (κ1) is 15.9. The van der Waals surface area contributed by atoms with E-state index in [-0.39, 0.29) is 24.0 Å². The van der Waals surface area contributed by atoms with Gasteiger partial charge in [0.05, 0.1) is 18.2 Å². The van der Waals surface area contributed by atoms with E-state index in [0.717, 1.165) is 0 Å². The van der Waals surface area contributed by atoms with Gasteiger partial charge in [0.2, 0.25) is 15.9 Å². The molecule has 0 radical (unpaired) electrons. The van der Waals surface area contributed by atoms with Gasteiger partial charge in [-0.15, -0.1) is 0 Å². The van der Waals surface area contributed by atoms with E-state index in [1.54, 1.807) is 6.92 Å². The van der Waals surface area contributed by atoms with Crippen molar-refractivity contribution in [1.82, 2.24) is 9.62 Å². The van der Waals surface area contributed by atoms with Crippen LogP contribution >= 0.6 is 0 Å². The highest BCUT2D eigenvalue weighted by Gasteiger charge is 2.34. The third kappa shape index (κ3) is 4.79. The molecule has 19 heavy (non-hydrogen) atoms. The zero-order valence-electron chi connectivity index (χ0n) is 11.1. The van der Waals surface area contributed by atoms with E-state index in [1.165, 1.54) is 11.8 Å². The van der Waals surface area contributed by atoms with Gasteiger partial charge in [0.1, 0.15) is 0 Å². The van der Waals surface area contributed by atoms with E-state index in [9.17, 15) is 18.0 Å². The van der Waals surface area contributed by atoms with Crippen LogP contribution in [-0.2, 0) is 19.6 Å². The molecular weight excluding hydrogens is 272 g/mol. The molecule has 0 aromatic rings. The van der Waals surface area contributed by atoms with Gasteiger partial charge in [0, 0.05) is 19.0 Å². The number of carboxylic acids is 1. The Morgan fingerprint density at radius 2 is 2.00 bits per heavy atom. The van der Waals surface area contributed by atoms with Crippen LogP contribution in [0.2, 0.25) is 0 Å². The quantitative estimate of drug-likeness (QED) is 0.666. The first-order valence-electron chi connectivity index (χ1n) is 6.25. The zero-order chi connectivity index (χ0) is 14.6. The van der Waals surface area contributed by atoms with Crippen molar-refractivity contribution in [2.24, 2.45) is 5.92 Å². The van der Waals surface area contributed by atoms with Gasteiger partial charge in [0.25, 0.3) is 0 Å². The molecule has 0 aromatic heterocycles. The number of likely N-dealkylation sites (tertiary alicyclic amines) is 1. The molecule has 1 rings (SSSR count). The lowest BCUT2D eigenvalue weighted by Gasteiger charge is -2.40. The molecule has 1 amide bonds. The molecule has 2 N–H and O–H groups in total. The van der Waals surface area contributed by atoms with Crippen LogP contribution in [0.25, 0.3) is 0 Å². The smallest absolute Gasteiger partial charge is 0.303 e. The highest BCUT2D eigenvalue weighted by atomic mass is 32.2. The summed E-state index contributed by atoms with van der Waals surface area (Å²) < 4.78 is 25.4. The molecule has 7 nitrogen and oxygen atoms in total. The van der Waals surface area contributed by atoms with Gasteiger partial charge in [-0.3, -0.25) is 9.59 Å². The fourth-order valence-corrected chi connectivity index (χ4v) is 3.34. The van der Waals surface area contributed by atoms with E-state index in [1.807, 2.05) is 0 Å². The molecule has 1 fully saturated rings. The zero-order valence-corrected chi connectivity index (χ0v) is 11.9. The van der Waals surface area contributed by atoms with Crippen LogP contribution < -0.4 is 4.72 Å². The van der Waals surface area contributed by atoms with Crippen molar-refractivity contribution >= 4 is 21.9 Å². The second-order valence-electron chi connectivity index (χ2n) is 4.87. The number of sulfonamides is 1. The molecule has 0 aromatic carbocycles. The van der Waals surface area contributed by atoms with Crippen molar-refractivity contribution in [1.29, 1.82) is 0 Å². The summed E-state index contributed by atoms with van der Waals surface area (Å²) in [6.07, 6.45) is 0.528. The highest BCUT2D eigenvalue weighted by molar-refractivity contribution is 7.89. The standard InChI is InChI=1S/C11H20N2O5S/c1-3-4-19(17,18)12-8(2)11(16)13-6-9(7-13)5-10(14)15/h8-9,12H,3-7H2,1-2H3,(H,14,15). The maximum atomic E-state index is 11.9. The van der Waals surface area contributed by atoms with Gasteiger partial charge >= 0.3 is 5.97 Å². The first-order valence-corrected chi connectivity index (χ1v) is 7.91. The molecule has 1 heterocycles. The van der Waals surface area contributed by atoms with Crippen LogP contribution in [0.1, 0.15) is 26.7 Å². The van der Waals surface area contributed by atoms with E-state index in [0.29, 0.717) is 19.5 Å². The number of carbonyl (C=O) groups is 2. The third-order valence-corrected chi connectivity index (χ3v) is 4.59. The topological polar surface area (TPSA) is 104 Å². The Morgan fingerprint density at radius 1 is 1.42 bits per heavy atom. The molecule has 1 aliphatic rings. The number of carboxylic acid groups (broad SMARTS) is 1. The molecule has 1 unspecified atom stereocenters. The first-order chi connectivity index (χ1) is 8.75. The summed E-state index contributed by atoms with van der Waals surface area (Å²) in [5.74, 6) is -1.22. The summed E-state index contributed by atoms with van der Waals surface area (Å²) in [5, 5.41) is 8.60. The number of amides is 1. The average molecular weight is 292 g/mol. The van der Waals surface area contributed by atoms with Crippen molar-refractivity contribution in [3.05, 3.63) is 0 Å². The van der Waals surface area contributed by atoms with Crippen LogP contribution in [0.3, 0.4) is 0 Å². The Labute approximate surface area is 113 Å². The second kappa shape index (κ2) is 6.33. The second-order valence-corrected chi connectivity index (χ2v) is 6.74. The van der Waals surface area contributed by atoms with Crippen molar-refractivity contribution in [3.8, 4) is 0 Å². The monoisotopic (exact) mass is 292 g/mol. The molecule has 8 heteroatoms. The van der Waals surface area contributed by atoms with E-state index in [4.69, 9.17) is 5.11 Å². The minimum absolute atomic E-state index is 0.00768. The van der Waals surface area contributed by atoms with E-state index < -0.39 is 22.0 Å². The molecule has 0 bridgehead atoms. The van der Waals surface area contributed by atoms with Gasteiger partial charge in [-0.05, 0) is 13.3 Å². The van der Waals surface area contributed by atoms with Gasteiger partial charge in [-0.25, -0.2) is 13.1 Å². The molecule has 0 aliphatic carbocycles. The van der Waals surface area contributed by atoms with Gasteiger partial charge in [-0.1, -0.05) is 6.92 Å². The van der Waals surface area contributed by atoms with Crippen LogP contribution in [0.5, 0.6) is 0 Å². The number of hydrogen-bond acceptors (Lipinski definition) is 4. The number of nitrogens with one attached hydrogen (secondary N) is 1. The molecular formula is C11H20N2O5S. The Balaban J connectivity index is 2.41. The molecule has 1 saturated heterocycles. The number of aliphatic carboxylic acids is 1. The minimum atomic E-state index is -3.42.